The van der Waals surface area contributed by atoms with Gasteiger partial charge in [-0.25, -0.2) is 0 Å². The number of benzene rings is 2. The minimum atomic E-state index is -0.731. The van der Waals surface area contributed by atoms with Crippen LogP contribution in [0.2, 0.25) is 0 Å². The smallest absolute Gasteiger partial charge is 0.0942 e. The number of aliphatic hydroxyl groups is 2. The highest BCUT2D eigenvalue weighted by Gasteiger charge is 2.02. The number of rotatable bonds is 5. The van der Waals surface area contributed by atoms with E-state index in [1.54, 1.807) is 0 Å². The van der Waals surface area contributed by atoms with Crippen LogP contribution >= 0.6 is 0 Å². The molecule has 0 aliphatic rings. The molecule has 1 unspecified atom stereocenters. The second-order valence-electron chi connectivity index (χ2n) is 4.16. The van der Waals surface area contributed by atoms with Crippen molar-refractivity contribution in [3.8, 4) is 11.1 Å². The maximum absolute atomic E-state index is 9.29. The summed E-state index contributed by atoms with van der Waals surface area (Å²) in [6, 6.07) is 18.1. The molecular formula is C15H17NO2. The Bertz CT molecular complexity index is 485. The molecule has 0 saturated heterocycles. The summed E-state index contributed by atoms with van der Waals surface area (Å²) in [5.74, 6) is 0. The standard InChI is InChI=1S/C15H17NO2/c17-11-15(18)10-16-14-8-4-7-13(9-14)12-5-2-1-3-6-12/h1-9,15-18H,10-11H2. The average molecular weight is 243 g/mol. The van der Waals surface area contributed by atoms with Crippen LogP contribution in [0.4, 0.5) is 5.69 Å². The molecule has 94 valence electrons. The zero-order chi connectivity index (χ0) is 12.8. The first-order valence-electron chi connectivity index (χ1n) is 5.98. The normalized spacial score (nSPS) is 12.1. The van der Waals surface area contributed by atoms with Gasteiger partial charge in [0.2, 0.25) is 0 Å². The molecule has 3 heteroatoms. The highest BCUT2D eigenvalue weighted by Crippen LogP contribution is 2.22. The first-order valence-corrected chi connectivity index (χ1v) is 5.98. The molecule has 0 spiro atoms. The van der Waals surface area contributed by atoms with Gasteiger partial charge in [-0.05, 0) is 23.3 Å². The Balaban J connectivity index is 2.11. The van der Waals surface area contributed by atoms with Crippen molar-refractivity contribution in [2.24, 2.45) is 0 Å². The predicted molar refractivity (Wildman–Crippen MR) is 73.5 cm³/mol. The van der Waals surface area contributed by atoms with Crippen LogP contribution in [0, 0.1) is 0 Å². The summed E-state index contributed by atoms with van der Waals surface area (Å²) in [4.78, 5) is 0. The van der Waals surface area contributed by atoms with E-state index in [-0.39, 0.29) is 6.61 Å². The molecule has 18 heavy (non-hydrogen) atoms. The zero-order valence-electron chi connectivity index (χ0n) is 10.1. The third kappa shape index (κ3) is 3.32. The lowest BCUT2D eigenvalue weighted by Crippen LogP contribution is -2.22. The van der Waals surface area contributed by atoms with Crippen molar-refractivity contribution >= 4 is 5.69 Å². The van der Waals surface area contributed by atoms with E-state index in [1.165, 1.54) is 0 Å². The fraction of sp³-hybridized carbons (Fsp3) is 0.200. The van der Waals surface area contributed by atoms with Crippen LogP contribution in [0.1, 0.15) is 0 Å². The first kappa shape index (κ1) is 12.6. The molecule has 1 atom stereocenters. The quantitative estimate of drug-likeness (QED) is 0.754. The molecule has 0 bridgehead atoms. The Hall–Kier alpha value is -1.84. The molecule has 0 amide bonds. The Kier molecular flexibility index (Phi) is 4.34. The van der Waals surface area contributed by atoms with Crippen LogP contribution < -0.4 is 5.32 Å². The topological polar surface area (TPSA) is 52.5 Å². The molecule has 2 aromatic rings. The molecular weight excluding hydrogens is 226 g/mol. The summed E-state index contributed by atoms with van der Waals surface area (Å²) in [5, 5.41) is 21.1. The molecule has 3 nitrogen and oxygen atoms in total. The molecule has 0 heterocycles. The summed E-state index contributed by atoms with van der Waals surface area (Å²) < 4.78 is 0. The van der Waals surface area contributed by atoms with E-state index < -0.39 is 6.10 Å². The lowest BCUT2D eigenvalue weighted by atomic mass is 10.1. The van der Waals surface area contributed by atoms with E-state index in [4.69, 9.17) is 5.11 Å². The molecule has 0 saturated carbocycles. The Morgan fingerprint density at radius 2 is 1.67 bits per heavy atom. The Morgan fingerprint density at radius 1 is 0.944 bits per heavy atom. The number of hydrogen-bond acceptors (Lipinski definition) is 3. The van der Waals surface area contributed by atoms with Crippen molar-refractivity contribution in [2.75, 3.05) is 18.5 Å². The van der Waals surface area contributed by atoms with E-state index in [0.717, 1.165) is 16.8 Å². The lowest BCUT2D eigenvalue weighted by Gasteiger charge is -2.11. The average Bonchev–Trinajstić information content (AvgIpc) is 2.46. The number of aliphatic hydroxyl groups excluding tert-OH is 2. The van der Waals surface area contributed by atoms with Crippen LogP contribution in [0.15, 0.2) is 54.6 Å². The first-order chi connectivity index (χ1) is 8.79. The fourth-order valence-corrected chi connectivity index (χ4v) is 1.74. The van der Waals surface area contributed by atoms with Gasteiger partial charge < -0.3 is 15.5 Å². The SMILES string of the molecule is OCC(O)CNc1cccc(-c2ccccc2)c1. The van der Waals surface area contributed by atoms with Crippen LogP contribution in [-0.4, -0.2) is 29.5 Å². The van der Waals surface area contributed by atoms with Gasteiger partial charge in [-0.2, -0.15) is 0 Å². The van der Waals surface area contributed by atoms with Crippen molar-refractivity contribution in [3.63, 3.8) is 0 Å². The van der Waals surface area contributed by atoms with Gasteiger partial charge in [-0.15, -0.1) is 0 Å². The van der Waals surface area contributed by atoms with E-state index in [9.17, 15) is 5.11 Å². The number of nitrogens with one attached hydrogen (secondary N) is 1. The molecule has 2 rings (SSSR count). The summed E-state index contributed by atoms with van der Waals surface area (Å²) in [6.45, 7) is 0.111. The minimum absolute atomic E-state index is 0.231. The van der Waals surface area contributed by atoms with Crippen molar-refractivity contribution in [1.29, 1.82) is 0 Å². The Labute approximate surface area is 107 Å². The van der Waals surface area contributed by atoms with Gasteiger partial charge in [0.1, 0.15) is 0 Å². The van der Waals surface area contributed by atoms with Gasteiger partial charge in [0, 0.05) is 12.2 Å². The molecule has 0 aromatic heterocycles. The second kappa shape index (κ2) is 6.19. The van der Waals surface area contributed by atoms with E-state index in [1.807, 2.05) is 42.5 Å². The van der Waals surface area contributed by atoms with E-state index in [0.29, 0.717) is 6.54 Å². The van der Waals surface area contributed by atoms with Crippen molar-refractivity contribution in [2.45, 2.75) is 6.10 Å². The van der Waals surface area contributed by atoms with Crippen LogP contribution in [0.3, 0.4) is 0 Å². The summed E-state index contributed by atoms with van der Waals surface area (Å²) in [5.41, 5.74) is 3.21. The van der Waals surface area contributed by atoms with Crippen molar-refractivity contribution in [3.05, 3.63) is 54.6 Å². The third-order valence-electron chi connectivity index (χ3n) is 2.72. The second-order valence-corrected chi connectivity index (χ2v) is 4.16. The van der Waals surface area contributed by atoms with Crippen LogP contribution in [0.25, 0.3) is 11.1 Å². The summed E-state index contributed by atoms with van der Waals surface area (Å²) in [7, 11) is 0. The molecule has 0 radical (unpaired) electrons. The largest absolute Gasteiger partial charge is 0.394 e. The highest BCUT2D eigenvalue weighted by molar-refractivity contribution is 5.67. The van der Waals surface area contributed by atoms with Gasteiger partial charge in [0.05, 0.1) is 12.7 Å². The molecule has 2 aromatic carbocycles. The molecule has 0 aliphatic carbocycles. The number of anilines is 1. The summed E-state index contributed by atoms with van der Waals surface area (Å²) >= 11 is 0. The third-order valence-corrected chi connectivity index (χ3v) is 2.72. The van der Waals surface area contributed by atoms with Gasteiger partial charge in [-0.1, -0.05) is 42.5 Å². The summed E-state index contributed by atoms with van der Waals surface area (Å²) in [6.07, 6.45) is -0.731. The fourth-order valence-electron chi connectivity index (χ4n) is 1.74. The van der Waals surface area contributed by atoms with Crippen molar-refractivity contribution in [1.82, 2.24) is 0 Å². The van der Waals surface area contributed by atoms with E-state index in [2.05, 4.69) is 17.4 Å². The van der Waals surface area contributed by atoms with Crippen LogP contribution in [-0.2, 0) is 0 Å². The predicted octanol–water partition coefficient (Wildman–Crippen LogP) is 2.12. The molecule has 3 N–H and O–H groups in total. The number of hydrogen-bond donors (Lipinski definition) is 3. The Morgan fingerprint density at radius 3 is 2.39 bits per heavy atom. The molecule has 0 aliphatic heterocycles. The maximum atomic E-state index is 9.29. The van der Waals surface area contributed by atoms with Gasteiger partial charge in [0.15, 0.2) is 0 Å². The molecule has 0 fully saturated rings. The highest BCUT2D eigenvalue weighted by atomic mass is 16.3. The van der Waals surface area contributed by atoms with Gasteiger partial charge >= 0.3 is 0 Å². The monoisotopic (exact) mass is 243 g/mol. The van der Waals surface area contributed by atoms with Gasteiger partial charge in [-0.3, -0.25) is 0 Å². The maximum Gasteiger partial charge on any atom is 0.0942 e. The van der Waals surface area contributed by atoms with E-state index >= 15 is 0 Å². The van der Waals surface area contributed by atoms with Crippen molar-refractivity contribution < 1.29 is 10.2 Å². The zero-order valence-corrected chi connectivity index (χ0v) is 10.1. The minimum Gasteiger partial charge on any atom is -0.394 e. The van der Waals surface area contributed by atoms with Gasteiger partial charge in [0.25, 0.3) is 0 Å². The lowest BCUT2D eigenvalue weighted by molar-refractivity contribution is 0.105. The van der Waals surface area contributed by atoms with Crippen LogP contribution in [0.5, 0.6) is 0 Å².